The normalized spacial score (nSPS) is 23.8. The summed E-state index contributed by atoms with van der Waals surface area (Å²) in [6.45, 7) is 9.42. The first-order chi connectivity index (χ1) is 7.74. The van der Waals surface area contributed by atoms with Crippen LogP contribution in [0.25, 0.3) is 0 Å². The average Bonchev–Trinajstić information content (AvgIpc) is 2.28. The molecule has 4 heteroatoms. The van der Waals surface area contributed by atoms with Crippen LogP contribution in [0.3, 0.4) is 0 Å². The van der Waals surface area contributed by atoms with E-state index in [0.717, 1.165) is 32.7 Å². The number of rotatable bonds is 7. The Morgan fingerprint density at radius 2 is 2.06 bits per heavy atom. The van der Waals surface area contributed by atoms with Crippen molar-refractivity contribution in [3.8, 4) is 0 Å². The van der Waals surface area contributed by atoms with E-state index < -0.39 is 0 Å². The molecule has 1 aliphatic heterocycles. The Morgan fingerprint density at radius 1 is 1.25 bits per heavy atom. The Labute approximate surface area is 99.9 Å². The molecule has 0 aromatic carbocycles. The lowest BCUT2D eigenvalue weighted by molar-refractivity contribution is 0.106. The topological polar surface area (TPSA) is 27.7 Å². The molecule has 1 heterocycles. The second-order valence-electron chi connectivity index (χ2n) is 4.71. The van der Waals surface area contributed by atoms with Gasteiger partial charge in [0.25, 0.3) is 0 Å². The van der Waals surface area contributed by atoms with Crippen LogP contribution in [-0.4, -0.2) is 75.9 Å². The van der Waals surface area contributed by atoms with Crippen LogP contribution in [0.4, 0.5) is 0 Å². The number of nitrogens with one attached hydrogen (secondary N) is 1. The third kappa shape index (κ3) is 5.25. The van der Waals surface area contributed by atoms with Crippen LogP contribution in [0.1, 0.15) is 13.3 Å². The standard InChI is InChI=1S/C12H27N3O/c1-4-8-16-9-5-13-10-12-11-14(2)6-7-15(12)3/h12-13H,4-11H2,1-3H3. The van der Waals surface area contributed by atoms with E-state index in [1.165, 1.54) is 19.6 Å². The first-order valence-corrected chi connectivity index (χ1v) is 6.41. The summed E-state index contributed by atoms with van der Waals surface area (Å²) in [5.74, 6) is 0. The van der Waals surface area contributed by atoms with Gasteiger partial charge in [0.2, 0.25) is 0 Å². The van der Waals surface area contributed by atoms with E-state index in [1.54, 1.807) is 0 Å². The Hall–Kier alpha value is -0.160. The highest BCUT2D eigenvalue weighted by Crippen LogP contribution is 2.04. The van der Waals surface area contributed by atoms with E-state index in [9.17, 15) is 0 Å². The van der Waals surface area contributed by atoms with Crippen molar-refractivity contribution in [2.75, 3.05) is 60.0 Å². The Morgan fingerprint density at radius 3 is 2.81 bits per heavy atom. The molecule has 4 nitrogen and oxygen atoms in total. The van der Waals surface area contributed by atoms with Crippen molar-refractivity contribution in [3.63, 3.8) is 0 Å². The monoisotopic (exact) mass is 229 g/mol. The van der Waals surface area contributed by atoms with Crippen LogP contribution in [-0.2, 0) is 4.74 Å². The summed E-state index contributed by atoms with van der Waals surface area (Å²) < 4.78 is 5.43. The minimum absolute atomic E-state index is 0.643. The highest BCUT2D eigenvalue weighted by atomic mass is 16.5. The van der Waals surface area contributed by atoms with E-state index in [2.05, 4.69) is 36.1 Å². The van der Waals surface area contributed by atoms with Gasteiger partial charge < -0.3 is 15.0 Å². The van der Waals surface area contributed by atoms with Gasteiger partial charge in [-0.25, -0.2) is 0 Å². The molecule has 1 rings (SSSR count). The lowest BCUT2D eigenvalue weighted by atomic mass is 10.2. The Balaban J connectivity index is 2.02. The largest absolute Gasteiger partial charge is 0.380 e. The zero-order chi connectivity index (χ0) is 11.8. The molecule has 16 heavy (non-hydrogen) atoms. The van der Waals surface area contributed by atoms with E-state index in [0.29, 0.717) is 6.04 Å². The highest BCUT2D eigenvalue weighted by Gasteiger charge is 2.21. The van der Waals surface area contributed by atoms with E-state index in [1.807, 2.05) is 0 Å². The van der Waals surface area contributed by atoms with Gasteiger partial charge in [0.15, 0.2) is 0 Å². The first-order valence-electron chi connectivity index (χ1n) is 6.41. The quantitative estimate of drug-likeness (QED) is 0.633. The lowest BCUT2D eigenvalue weighted by Gasteiger charge is -2.37. The smallest absolute Gasteiger partial charge is 0.0590 e. The Bertz CT molecular complexity index is 178. The van der Waals surface area contributed by atoms with Crippen molar-refractivity contribution in [1.29, 1.82) is 0 Å². The van der Waals surface area contributed by atoms with Gasteiger partial charge in [0, 0.05) is 45.4 Å². The van der Waals surface area contributed by atoms with Crippen molar-refractivity contribution in [1.82, 2.24) is 15.1 Å². The minimum Gasteiger partial charge on any atom is -0.380 e. The van der Waals surface area contributed by atoms with E-state index in [-0.39, 0.29) is 0 Å². The number of piperazine rings is 1. The molecule has 1 N–H and O–H groups in total. The molecule has 0 aliphatic carbocycles. The van der Waals surface area contributed by atoms with Crippen LogP contribution in [0.15, 0.2) is 0 Å². The molecule has 0 amide bonds. The van der Waals surface area contributed by atoms with Crippen LogP contribution in [0.5, 0.6) is 0 Å². The molecule has 96 valence electrons. The van der Waals surface area contributed by atoms with Crippen molar-refractivity contribution in [3.05, 3.63) is 0 Å². The fraction of sp³-hybridized carbons (Fsp3) is 1.00. The van der Waals surface area contributed by atoms with Gasteiger partial charge in [-0.05, 0) is 20.5 Å². The molecular weight excluding hydrogens is 202 g/mol. The zero-order valence-corrected chi connectivity index (χ0v) is 11.0. The number of hydrogen-bond donors (Lipinski definition) is 1. The molecule has 1 atom stereocenters. The minimum atomic E-state index is 0.643. The molecule has 0 aromatic rings. The van der Waals surface area contributed by atoms with Crippen molar-refractivity contribution in [2.45, 2.75) is 19.4 Å². The fourth-order valence-electron chi connectivity index (χ4n) is 1.98. The average molecular weight is 229 g/mol. The molecule has 0 bridgehead atoms. The molecule has 0 aromatic heterocycles. The summed E-state index contributed by atoms with van der Waals surface area (Å²) in [7, 11) is 4.41. The van der Waals surface area contributed by atoms with Gasteiger partial charge >= 0.3 is 0 Å². The van der Waals surface area contributed by atoms with Crippen LogP contribution >= 0.6 is 0 Å². The second-order valence-corrected chi connectivity index (χ2v) is 4.71. The summed E-state index contributed by atoms with van der Waals surface area (Å²) in [6.07, 6.45) is 1.11. The maximum atomic E-state index is 5.43. The molecule has 0 saturated carbocycles. The molecule has 1 fully saturated rings. The maximum absolute atomic E-state index is 5.43. The summed E-state index contributed by atoms with van der Waals surface area (Å²) in [5.41, 5.74) is 0. The van der Waals surface area contributed by atoms with Crippen LogP contribution in [0, 0.1) is 0 Å². The zero-order valence-electron chi connectivity index (χ0n) is 11.0. The second kappa shape index (κ2) is 8.01. The van der Waals surface area contributed by atoms with E-state index in [4.69, 9.17) is 4.74 Å². The van der Waals surface area contributed by atoms with Gasteiger partial charge in [0.05, 0.1) is 6.61 Å². The fourth-order valence-corrected chi connectivity index (χ4v) is 1.98. The van der Waals surface area contributed by atoms with Crippen molar-refractivity contribution < 1.29 is 4.74 Å². The van der Waals surface area contributed by atoms with Gasteiger partial charge in [-0.2, -0.15) is 0 Å². The molecule has 1 unspecified atom stereocenters. The molecule has 0 spiro atoms. The summed E-state index contributed by atoms with van der Waals surface area (Å²) >= 11 is 0. The summed E-state index contributed by atoms with van der Waals surface area (Å²) in [5, 5.41) is 3.47. The Kier molecular flexibility index (Phi) is 6.96. The number of hydrogen-bond acceptors (Lipinski definition) is 4. The summed E-state index contributed by atoms with van der Waals surface area (Å²) in [6, 6.07) is 0.643. The highest BCUT2D eigenvalue weighted by molar-refractivity contribution is 4.79. The van der Waals surface area contributed by atoms with Crippen LogP contribution in [0.2, 0.25) is 0 Å². The van der Waals surface area contributed by atoms with Crippen molar-refractivity contribution >= 4 is 0 Å². The van der Waals surface area contributed by atoms with E-state index >= 15 is 0 Å². The van der Waals surface area contributed by atoms with Crippen LogP contribution < -0.4 is 5.32 Å². The van der Waals surface area contributed by atoms with Gasteiger partial charge in [0.1, 0.15) is 0 Å². The van der Waals surface area contributed by atoms with Gasteiger partial charge in [-0.3, -0.25) is 4.90 Å². The van der Waals surface area contributed by atoms with Gasteiger partial charge in [-0.1, -0.05) is 6.92 Å². The summed E-state index contributed by atoms with van der Waals surface area (Å²) in [4.78, 5) is 4.85. The van der Waals surface area contributed by atoms with Gasteiger partial charge in [-0.15, -0.1) is 0 Å². The molecule has 0 radical (unpaired) electrons. The molecule has 1 saturated heterocycles. The number of nitrogens with zero attached hydrogens (tertiary/aromatic N) is 2. The predicted octanol–water partition coefficient (Wildman–Crippen LogP) is 0.248. The van der Waals surface area contributed by atoms with Crippen molar-refractivity contribution in [2.24, 2.45) is 0 Å². The molecule has 1 aliphatic rings. The SMILES string of the molecule is CCCOCCNCC1CN(C)CCN1C. The predicted molar refractivity (Wildman–Crippen MR) is 67.9 cm³/mol. The first kappa shape index (κ1) is 13.9. The molecular formula is C12H27N3O. The maximum Gasteiger partial charge on any atom is 0.0590 e. The lowest BCUT2D eigenvalue weighted by Crippen LogP contribution is -2.54. The number of likely N-dealkylation sites (N-methyl/N-ethyl adjacent to an activating group) is 2. The number of ether oxygens (including phenoxy) is 1. The third-order valence-corrected chi connectivity index (χ3v) is 3.13. The third-order valence-electron chi connectivity index (χ3n) is 3.13.